The Bertz CT molecular complexity index is 1220. The molecule has 5 rings (SSSR count). The van der Waals surface area contributed by atoms with E-state index in [-0.39, 0.29) is 34.0 Å². The molecular formula is C23H21N5O5S. The molecule has 11 heteroatoms. The van der Waals surface area contributed by atoms with Gasteiger partial charge in [-0.25, -0.2) is 5.43 Å². The van der Waals surface area contributed by atoms with Crippen LogP contribution in [0.25, 0.3) is 0 Å². The van der Waals surface area contributed by atoms with E-state index in [0.717, 1.165) is 11.8 Å². The second-order valence-corrected chi connectivity index (χ2v) is 9.67. The van der Waals surface area contributed by atoms with Gasteiger partial charge in [-0.05, 0) is 38.0 Å². The number of hydrazone groups is 1. The lowest BCUT2D eigenvalue weighted by Gasteiger charge is -2.36. The van der Waals surface area contributed by atoms with Gasteiger partial charge in [-0.1, -0.05) is 30.0 Å². The summed E-state index contributed by atoms with van der Waals surface area (Å²) >= 11 is 1.08. The predicted molar refractivity (Wildman–Crippen MR) is 127 cm³/mol. The number of carbonyl (C=O) groups is 3. The lowest BCUT2D eigenvalue weighted by atomic mass is 10.0. The third kappa shape index (κ3) is 3.71. The van der Waals surface area contributed by atoms with Crippen LogP contribution in [0.2, 0.25) is 0 Å². The molecule has 1 saturated heterocycles. The van der Waals surface area contributed by atoms with Crippen LogP contribution in [0.1, 0.15) is 46.0 Å². The first kappa shape index (κ1) is 22.1. The number of hydrogen-bond donors (Lipinski definition) is 1. The van der Waals surface area contributed by atoms with Gasteiger partial charge in [0.2, 0.25) is 0 Å². The van der Waals surface area contributed by atoms with Gasteiger partial charge in [-0.15, -0.1) is 0 Å². The number of hydrogen-bond acceptors (Lipinski definition) is 8. The average molecular weight is 480 g/mol. The summed E-state index contributed by atoms with van der Waals surface area (Å²) in [5.41, 5.74) is 4.84. The molecule has 1 atom stereocenters. The van der Waals surface area contributed by atoms with Gasteiger partial charge in [0.1, 0.15) is 5.69 Å². The molecule has 0 radical (unpaired) electrons. The Morgan fingerprint density at radius 2 is 1.71 bits per heavy atom. The van der Waals surface area contributed by atoms with Crippen molar-refractivity contribution >= 4 is 45.9 Å². The topological polar surface area (TPSA) is 125 Å². The van der Waals surface area contributed by atoms with Gasteiger partial charge < -0.3 is 4.90 Å². The number of benzene rings is 2. The minimum absolute atomic E-state index is 0.0477. The van der Waals surface area contributed by atoms with Crippen LogP contribution in [0, 0.1) is 10.1 Å². The molecule has 1 fully saturated rings. The Labute approximate surface area is 199 Å². The molecule has 0 bridgehead atoms. The zero-order valence-corrected chi connectivity index (χ0v) is 19.1. The summed E-state index contributed by atoms with van der Waals surface area (Å²) in [6.45, 7) is 2.77. The number of nitro groups is 1. The second kappa shape index (κ2) is 8.56. The lowest BCUT2D eigenvalue weighted by Crippen LogP contribution is -2.47. The van der Waals surface area contributed by atoms with Crippen molar-refractivity contribution < 1.29 is 19.3 Å². The molecule has 1 N–H and O–H groups in total. The highest BCUT2D eigenvalue weighted by atomic mass is 32.2. The van der Waals surface area contributed by atoms with Crippen molar-refractivity contribution in [2.75, 3.05) is 18.0 Å². The Morgan fingerprint density at radius 3 is 2.29 bits per heavy atom. The van der Waals surface area contributed by atoms with Crippen LogP contribution in [0.3, 0.4) is 0 Å². The van der Waals surface area contributed by atoms with Gasteiger partial charge in [0, 0.05) is 30.8 Å². The quantitative estimate of drug-likeness (QED) is 0.405. The fourth-order valence-electron chi connectivity index (χ4n) is 4.74. The number of fused-ring (bicyclic) bond motifs is 1. The number of thioether (sulfide) groups is 1. The summed E-state index contributed by atoms with van der Waals surface area (Å²) in [6.07, 6.45) is 1.05. The van der Waals surface area contributed by atoms with E-state index in [1.54, 1.807) is 36.4 Å². The maximum Gasteiger partial charge on any atom is 0.299 e. The maximum atomic E-state index is 12.8. The first-order valence-electron chi connectivity index (χ1n) is 10.9. The number of nitro benzene ring substituents is 1. The van der Waals surface area contributed by atoms with Crippen LogP contribution in [-0.4, -0.2) is 57.0 Å². The van der Waals surface area contributed by atoms with Crippen LogP contribution in [0.4, 0.5) is 16.2 Å². The van der Waals surface area contributed by atoms with Gasteiger partial charge in [0.25, 0.3) is 22.7 Å². The third-order valence-corrected chi connectivity index (χ3v) is 7.28. The van der Waals surface area contributed by atoms with Crippen LogP contribution >= 0.6 is 11.8 Å². The highest BCUT2D eigenvalue weighted by molar-refractivity contribution is 8.14. The molecule has 0 saturated carbocycles. The molecule has 174 valence electrons. The summed E-state index contributed by atoms with van der Waals surface area (Å²) in [5.74, 6) is -0.552. The van der Waals surface area contributed by atoms with E-state index in [2.05, 4.69) is 10.5 Å². The van der Waals surface area contributed by atoms with E-state index >= 15 is 0 Å². The third-order valence-electron chi connectivity index (χ3n) is 6.40. The van der Waals surface area contributed by atoms with Crippen molar-refractivity contribution in [2.45, 2.75) is 31.1 Å². The second-order valence-electron chi connectivity index (χ2n) is 8.36. The summed E-state index contributed by atoms with van der Waals surface area (Å²) < 4.78 is 0. The van der Waals surface area contributed by atoms with Crippen molar-refractivity contribution in [1.82, 2.24) is 10.3 Å². The largest absolute Gasteiger partial charge is 0.366 e. The predicted octanol–water partition coefficient (Wildman–Crippen LogP) is 3.41. The molecule has 0 spiro atoms. The van der Waals surface area contributed by atoms with E-state index < -0.39 is 4.92 Å². The Kier molecular flexibility index (Phi) is 5.56. The normalized spacial score (nSPS) is 20.8. The van der Waals surface area contributed by atoms with Crippen molar-refractivity contribution in [3.05, 3.63) is 69.3 Å². The zero-order chi connectivity index (χ0) is 24.0. The molecule has 3 heterocycles. The molecule has 3 amide bonds. The van der Waals surface area contributed by atoms with Gasteiger partial charge in [0.15, 0.2) is 0 Å². The SMILES string of the molecule is CC1SC(=O)NN=C1c1ccc(N2CCC(N3C(=O)c4ccccc4C3=O)CC2)c([N+](=O)[O-])c1. The van der Waals surface area contributed by atoms with Crippen molar-refractivity contribution in [2.24, 2.45) is 5.10 Å². The molecule has 34 heavy (non-hydrogen) atoms. The van der Waals surface area contributed by atoms with E-state index in [4.69, 9.17) is 0 Å². The molecule has 0 aromatic heterocycles. The average Bonchev–Trinajstić information content (AvgIpc) is 3.09. The summed E-state index contributed by atoms with van der Waals surface area (Å²) in [7, 11) is 0. The molecular weight excluding hydrogens is 458 g/mol. The van der Waals surface area contributed by atoms with E-state index in [0.29, 0.717) is 54.0 Å². The molecule has 3 aliphatic rings. The van der Waals surface area contributed by atoms with Crippen LogP contribution < -0.4 is 10.3 Å². The number of amides is 3. The Hall–Kier alpha value is -3.73. The van der Waals surface area contributed by atoms with E-state index in [9.17, 15) is 24.5 Å². The van der Waals surface area contributed by atoms with Gasteiger partial charge >= 0.3 is 0 Å². The van der Waals surface area contributed by atoms with E-state index in [1.807, 2.05) is 11.8 Å². The Morgan fingerprint density at radius 1 is 1.06 bits per heavy atom. The lowest BCUT2D eigenvalue weighted by molar-refractivity contribution is -0.384. The first-order valence-corrected chi connectivity index (χ1v) is 11.8. The monoisotopic (exact) mass is 479 g/mol. The number of anilines is 1. The van der Waals surface area contributed by atoms with Crippen molar-refractivity contribution in [3.63, 3.8) is 0 Å². The maximum absolute atomic E-state index is 12.8. The number of piperidine rings is 1. The van der Waals surface area contributed by atoms with Gasteiger partial charge in [-0.3, -0.25) is 29.4 Å². The fourth-order valence-corrected chi connectivity index (χ4v) is 5.46. The van der Waals surface area contributed by atoms with Crippen molar-refractivity contribution in [3.8, 4) is 0 Å². The number of nitrogens with one attached hydrogen (secondary N) is 1. The molecule has 0 aliphatic carbocycles. The molecule has 2 aromatic rings. The molecule has 1 unspecified atom stereocenters. The zero-order valence-electron chi connectivity index (χ0n) is 18.3. The number of rotatable bonds is 4. The summed E-state index contributed by atoms with van der Waals surface area (Å²) in [6, 6.07) is 11.5. The molecule has 2 aromatic carbocycles. The highest BCUT2D eigenvalue weighted by Crippen LogP contribution is 2.35. The number of carbonyl (C=O) groups excluding carboxylic acids is 3. The number of nitrogens with zero attached hydrogens (tertiary/aromatic N) is 4. The molecule has 10 nitrogen and oxygen atoms in total. The van der Waals surface area contributed by atoms with Gasteiger partial charge in [-0.2, -0.15) is 5.10 Å². The molecule has 3 aliphatic heterocycles. The van der Waals surface area contributed by atoms with Crippen LogP contribution in [-0.2, 0) is 0 Å². The van der Waals surface area contributed by atoms with Gasteiger partial charge in [0.05, 0.1) is 27.0 Å². The summed E-state index contributed by atoms with van der Waals surface area (Å²) in [5, 5.41) is 15.5. The minimum atomic E-state index is -0.422. The Balaban J connectivity index is 1.34. The minimum Gasteiger partial charge on any atom is -0.366 e. The smallest absolute Gasteiger partial charge is 0.299 e. The highest BCUT2D eigenvalue weighted by Gasteiger charge is 2.41. The van der Waals surface area contributed by atoms with Crippen LogP contribution in [0.5, 0.6) is 0 Å². The van der Waals surface area contributed by atoms with E-state index in [1.165, 1.54) is 11.0 Å². The fraction of sp³-hybridized carbons (Fsp3) is 0.304. The first-order chi connectivity index (χ1) is 16.3. The standard InChI is InChI=1S/C23H21N5O5S/c1-13-20(24-25-23(31)34-13)14-6-7-18(19(12-14)28(32)33)26-10-8-15(9-11-26)27-21(29)16-4-2-3-5-17(16)22(27)30/h2-7,12-13,15H,8-11H2,1H3,(H,25,31). The summed E-state index contributed by atoms with van der Waals surface area (Å²) in [4.78, 5) is 51.8. The van der Waals surface area contributed by atoms with Crippen molar-refractivity contribution in [1.29, 1.82) is 0 Å². The number of imide groups is 1. The van der Waals surface area contributed by atoms with Crippen LogP contribution in [0.15, 0.2) is 47.6 Å².